The number of likely N-dealkylation sites (tertiary alicyclic amines) is 1. The predicted octanol–water partition coefficient (Wildman–Crippen LogP) is 3.86. The van der Waals surface area contributed by atoms with Crippen LogP contribution in [0.1, 0.15) is 22.5 Å². The molecule has 156 valence electrons. The van der Waals surface area contributed by atoms with Gasteiger partial charge in [-0.2, -0.15) is 5.10 Å². The third-order valence-corrected chi connectivity index (χ3v) is 5.44. The molecule has 31 heavy (non-hydrogen) atoms. The Kier molecular flexibility index (Phi) is 5.33. The molecule has 0 unspecified atom stereocenters. The molecule has 7 nitrogen and oxygen atoms in total. The number of anilines is 1. The van der Waals surface area contributed by atoms with Gasteiger partial charge in [-0.25, -0.2) is 0 Å². The van der Waals surface area contributed by atoms with E-state index in [1.54, 1.807) is 24.5 Å². The Balaban J connectivity index is 1.20. The molecular formula is C24H23N5O2. The number of pyridine rings is 1. The zero-order chi connectivity index (χ0) is 21.0. The number of hydrogen-bond donors (Lipinski definition) is 2. The van der Waals surface area contributed by atoms with Gasteiger partial charge in [0.15, 0.2) is 0 Å². The Morgan fingerprint density at radius 3 is 2.97 bits per heavy atom. The van der Waals surface area contributed by atoms with Gasteiger partial charge < -0.3 is 10.1 Å². The summed E-state index contributed by atoms with van der Waals surface area (Å²) in [5.41, 5.74) is 3.24. The summed E-state index contributed by atoms with van der Waals surface area (Å²) < 4.78 is 6.16. The van der Waals surface area contributed by atoms with Gasteiger partial charge in [0.25, 0.3) is 5.91 Å². The average molecular weight is 413 g/mol. The first-order valence-electron chi connectivity index (χ1n) is 10.4. The number of ether oxygens (including phenoxy) is 1. The van der Waals surface area contributed by atoms with E-state index in [2.05, 4.69) is 49.7 Å². The van der Waals surface area contributed by atoms with Gasteiger partial charge in [0.2, 0.25) is 0 Å². The highest BCUT2D eigenvalue weighted by molar-refractivity contribution is 6.03. The quantitative estimate of drug-likeness (QED) is 0.502. The number of nitrogens with zero attached hydrogens (tertiary/aromatic N) is 3. The van der Waals surface area contributed by atoms with Crippen LogP contribution in [0.5, 0.6) is 5.75 Å². The molecule has 1 aliphatic heterocycles. The smallest absolute Gasteiger partial charge is 0.274 e. The van der Waals surface area contributed by atoms with E-state index in [4.69, 9.17) is 4.74 Å². The molecule has 1 saturated heterocycles. The fourth-order valence-electron chi connectivity index (χ4n) is 3.90. The van der Waals surface area contributed by atoms with Crippen LogP contribution in [0.4, 0.5) is 5.69 Å². The summed E-state index contributed by atoms with van der Waals surface area (Å²) in [6.45, 7) is 2.78. The number of H-pyrrole nitrogens is 1. The van der Waals surface area contributed by atoms with Crippen LogP contribution in [0.3, 0.4) is 0 Å². The third-order valence-electron chi connectivity index (χ3n) is 5.44. The number of aromatic nitrogens is 3. The summed E-state index contributed by atoms with van der Waals surface area (Å²) >= 11 is 0. The van der Waals surface area contributed by atoms with Gasteiger partial charge >= 0.3 is 0 Å². The van der Waals surface area contributed by atoms with E-state index in [-0.39, 0.29) is 12.0 Å². The van der Waals surface area contributed by atoms with Crippen molar-refractivity contribution in [2.75, 3.05) is 18.4 Å². The van der Waals surface area contributed by atoms with Crippen LogP contribution in [0.2, 0.25) is 0 Å². The minimum Gasteiger partial charge on any atom is -0.489 e. The average Bonchev–Trinajstić information content (AvgIpc) is 3.43. The fourth-order valence-corrected chi connectivity index (χ4v) is 3.90. The van der Waals surface area contributed by atoms with E-state index >= 15 is 0 Å². The number of rotatable bonds is 6. The molecule has 4 aromatic rings. The summed E-state index contributed by atoms with van der Waals surface area (Å²) in [6, 6.07) is 19.5. The highest BCUT2D eigenvalue weighted by Gasteiger charge is 2.24. The van der Waals surface area contributed by atoms with Crippen LogP contribution in [-0.4, -0.2) is 45.2 Å². The van der Waals surface area contributed by atoms with E-state index in [9.17, 15) is 4.79 Å². The van der Waals surface area contributed by atoms with Crippen molar-refractivity contribution in [1.29, 1.82) is 0 Å². The standard InChI is InChI=1S/C24H23N5O2/c30-24(27-19-6-7-22-18(12-19)14-26-28-22)23-13-20(8-10-25-23)31-21-9-11-29(16-21)15-17-4-2-1-3-5-17/h1-8,10,12-14,21H,9,11,15-16H2,(H,26,28)(H,27,30)/t21-/m0/s1. The number of amides is 1. The van der Waals surface area contributed by atoms with Crippen molar-refractivity contribution in [3.63, 3.8) is 0 Å². The van der Waals surface area contributed by atoms with E-state index in [1.165, 1.54) is 5.56 Å². The van der Waals surface area contributed by atoms with Crippen LogP contribution in [0.25, 0.3) is 10.9 Å². The minimum absolute atomic E-state index is 0.102. The molecule has 2 N–H and O–H groups in total. The van der Waals surface area contributed by atoms with Crippen molar-refractivity contribution in [2.45, 2.75) is 19.1 Å². The van der Waals surface area contributed by atoms with Crippen LogP contribution in [0, 0.1) is 0 Å². The molecule has 0 bridgehead atoms. The molecule has 0 aliphatic carbocycles. The largest absolute Gasteiger partial charge is 0.489 e. The molecule has 0 saturated carbocycles. The van der Waals surface area contributed by atoms with E-state index < -0.39 is 0 Å². The Morgan fingerprint density at radius 1 is 1.16 bits per heavy atom. The molecule has 3 heterocycles. The Labute approximate surface area is 180 Å². The lowest BCUT2D eigenvalue weighted by atomic mass is 10.2. The number of carbonyl (C=O) groups excluding carboxylic acids is 1. The zero-order valence-electron chi connectivity index (χ0n) is 17.0. The van der Waals surface area contributed by atoms with Crippen molar-refractivity contribution in [3.05, 3.63) is 84.3 Å². The van der Waals surface area contributed by atoms with Gasteiger partial charge in [0, 0.05) is 43.0 Å². The van der Waals surface area contributed by atoms with Crippen LogP contribution >= 0.6 is 0 Å². The highest BCUT2D eigenvalue weighted by atomic mass is 16.5. The second kappa shape index (κ2) is 8.57. The van der Waals surface area contributed by atoms with Crippen molar-refractivity contribution in [3.8, 4) is 5.75 Å². The number of carbonyl (C=O) groups is 1. The third kappa shape index (κ3) is 4.57. The Morgan fingerprint density at radius 2 is 2.06 bits per heavy atom. The van der Waals surface area contributed by atoms with Gasteiger partial charge in [0.1, 0.15) is 17.5 Å². The van der Waals surface area contributed by atoms with Gasteiger partial charge in [-0.15, -0.1) is 0 Å². The Bertz CT molecular complexity index is 1190. The monoisotopic (exact) mass is 413 g/mol. The SMILES string of the molecule is O=C(Nc1ccc2[nH]ncc2c1)c1cc(O[C@H]2CCN(Cc3ccccc3)C2)ccn1. The summed E-state index contributed by atoms with van der Waals surface area (Å²) in [5, 5.41) is 10.7. The van der Waals surface area contributed by atoms with Crippen LogP contribution in [0.15, 0.2) is 73.1 Å². The van der Waals surface area contributed by atoms with E-state index in [0.29, 0.717) is 17.1 Å². The number of fused-ring (bicyclic) bond motifs is 1. The molecule has 1 atom stereocenters. The summed E-state index contributed by atoms with van der Waals surface area (Å²) in [7, 11) is 0. The van der Waals surface area contributed by atoms with Gasteiger partial charge in [-0.05, 0) is 36.2 Å². The first-order chi connectivity index (χ1) is 15.2. The fraction of sp³-hybridized carbons (Fsp3) is 0.208. The molecule has 0 spiro atoms. The molecule has 0 radical (unpaired) electrons. The first-order valence-corrected chi connectivity index (χ1v) is 10.4. The highest BCUT2D eigenvalue weighted by Crippen LogP contribution is 2.21. The summed E-state index contributed by atoms with van der Waals surface area (Å²) in [4.78, 5) is 19.3. The van der Waals surface area contributed by atoms with Crippen molar-refractivity contribution in [2.24, 2.45) is 0 Å². The molecule has 2 aromatic heterocycles. The van der Waals surface area contributed by atoms with Crippen molar-refractivity contribution in [1.82, 2.24) is 20.1 Å². The predicted molar refractivity (Wildman–Crippen MR) is 119 cm³/mol. The molecule has 1 amide bonds. The first kappa shape index (κ1) is 19.3. The maximum Gasteiger partial charge on any atom is 0.274 e. The number of nitrogens with one attached hydrogen (secondary N) is 2. The Hall–Kier alpha value is -3.71. The second-order valence-corrected chi connectivity index (χ2v) is 7.75. The molecular weight excluding hydrogens is 390 g/mol. The topological polar surface area (TPSA) is 83.1 Å². The summed E-state index contributed by atoms with van der Waals surface area (Å²) in [6.07, 6.45) is 4.40. The van der Waals surface area contributed by atoms with Crippen LogP contribution in [-0.2, 0) is 6.54 Å². The number of hydrogen-bond acceptors (Lipinski definition) is 5. The number of benzene rings is 2. The second-order valence-electron chi connectivity index (χ2n) is 7.75. The maximum atomic E-state index is 12.7. The molecule has 2 aromatic carbocycles. The van der Waals surface area contributed by atoms with Crippen LogP contribution < -0.4 is 10.1 Å². The lowest BCUT2D eigenvalue weighted by Gasteiger charge is -2.17. The summed E-state index contributed by atoms with van der Waals surface area (Å²) in [5.74, 6) is 0.391. The minimum atomic E-state index is -0.273. The lowest BCUT2D eigenvalue weighted by molar-refractivity contribution is 0.102. The maximum absolute atomic E-state index is 12.7. The number of aromatic amines is 1. The normalized spacial score (nSPS) is 16.5. The molecule has 7 heteroatoms. The molecule has 1 aliphatic rings. The molecule has 1 fully saturated rings. The molecule has 5 rings (SSSR count). The van der Waals surface area contributed by atoms with Crippen molar-refractivity contribution >= 4 is 22.5 Å². The van der Waals surface area contributed by atoms with Gasteiger partial charge in [0.05, 0.1) is 11.7 Å². The van der Waals surface area contributed by atoms with Crippen molar-refractivity contribution < 1.29 is 9.53 Å². The lowest BCUT2D eigenvalue weighted by Crippen LogP contribution is -2.24. The van der Waals surface area contributed by atoms with E-state index in [0.717, 1.165) is 37.0 Å². The van der Waals surface area contributed by atoms with Gasteiger partial charge in [-0.3, -0.25) is 19.8 Å². The van der Waals surface area contributed by atoms with E-state index in [1.807, 2.05) is 24.3 Å². The van der Waals surface area contributed by atoms with Gasteiger partial charge in [-0.1, -0.05) is 30.3 Å². The zero-order valence-corrected chi connectivity index (χ0v) is 17.0.